The lowest BCUT2D eigenvalue weighted by Gasteiger charge is -2.14. The fourth-order valence-corrected chi connectivity index (χ4v) is 1.25. The van der Waals surface area contributed by atoms with Gasteiger partial charge in [0, 0.05) is 13.5 Å². The molecule has 0 aliphatic heterocycles. The van der Waals surface area contributed by atoms with E-state index in [2.05, 4.69) is 6.92 Å². The number of ether oxygens (including phenoxy) is 2. The molecule has 4 heteroatoms. The van der Waals surface area contributed by atoms with Crippen LogP contribution in [0.25, 0.3) is 0 Å². The van der Waals surface area contributed by atoms with Crippen LogP contribution in [-0.4, -0.2) is 37.5 Å². The van der Waals surface area contributed by atoms with Gasteiger partial charge in [-0.1, -0.05) is 26.2 Å². The molecule has 90 valence electrons. The van der Waals surface area contributed by atoms with Crippen LogP contribution in [0.5, 0.6) is 0 Å². The Kier molecular flexibility index (Phi) is 9.52. The Balaban J connectivity index is 3.52. The number of unbranched alkanes of at least 4 members (excludes halogenated alkanes) is 3. The van der Waals surface area contributed by atoms with Gasteiger partial charge in [-0.05, 0) is 6.42 Å². The average molecular weight is 218 g/mol. The van der Waals surface area contributed by atoms with Gasteiger partial charge in [0.1, 0.15) is 6.10 Å². The van der Waals surface area contributed by atoms with E-state index in [0.717, 1.165) is 25.7 Å². The lowest BCUT2D eigenvalue weighted by atomic mass is 10.1. The normalized spacial score (nSPS) is 12.5. The van der Waals surface area contributed by atoms with Crippen LogP contribution in [-0.2, 0) is 14.3 Å². The molecule has 1 atom stereocenters. The van der Waals surface area contributed by atoms with Crippen molar-refractivity contribution < 1.29 is 19.4 Å². The molecule has 0 bridgehead atoms. The second-order valence-electron chi connectivity index (χ2n) is 3.56. The van der Waals surface area contributed by atoms with Crippen LogP contribution in [0, 0.1) is 0 Å². The SMILES string of the molecule is CCCCCCC(=O)O[C@@H](CO)COC. The number of carbonyl (C=O) groups is 1. The maximum atomic E-state index is 11.3. The summed E-state index contributed by atoms with van der Waals surface area (Å²) < 4.78 is 9.81. The van der Waals surface area contributed by atoms with E-state index in [1.54, 1.807) is 0 Å². The minimum atomic E-state index is -0.520. The van der Waals surface area contributed by atoms with Crippen LogP contribution in [0.4, 0.5) is 0 Å². The molecule has 0 amide bonds. The summed E-state index contributed by atoms with van der Waals surface area (Å²) in [6.07, 6.45) is 4.12. The molecule has 0 aliphatic rings. The summed E-state index contributed by atoms with van der Waals surface area (Å²) in [6.45, 7) is 2.18. The number of aliphatic hydroxyl groups excluding tert-OH is 1. The summed E-state index contributed by atoms with van der Waals surface area (Å²) in [5, 5.41) is 8.86. The first-order chi connectivity index (χ1) is 7.24. The highest BCUT2D eigenvalue weighted by atomic mass is 16.6. The van der Waals surface area contributed by atoms with Gasteiger partial charge in [-0.2, -0.15) is 0 Å². The highest BCUT2D eigenvalue weighted by Gasteiger charge is 2.12. The number of hydrogen-bond donors (Lipinski definition) is 1. The van der Waals surface area contributed by atoms with Gasteiger partial charge >= 0.3 is 5.97 Å². The summed E-state index contributed by atoms with van der Waals surface area (Å²) in [6, 6.07) is 0. The number of carbonyl (C=O) groups excluding carboxylic acids is 1. The van der Waals surface area contributed by atoms with Gasteiger partial charge in [0.2, 0.25) is 0 Å². The quantitative estimate of drug-likeness (QED) is 0.471. The number of methoxy groups -OCH3 is 1. The van der Waals surface area contributed by atoms with Crippen LogP contribution >= 0.6 is 0 Å². The first-order valence-corrected chi connectivity index (χ1v) is 5.53. The molecule has 0 unspecified atom stereocenters. The van der Waals surface area contributed by atoms with Crippen molar-refractivity contribution in [3.63, 3.8) is 0 Å². The summed E-state index contributed by atoms with van der Waals surface area (Å²) in [7, 11) is 1.51. The molecule has 15 heavy (non-hydrogen) atoms. The third-order valence-corrected chi connectivity index (χ3v) is 2.09. The van der Waals surface area contributed by atoms with E-state index in [0.29, 0.717) is 6.42 Å². The summed E-state index contributed by atoms with van der Waals surface area (Å²) in [5.41, 5.74) is 0. The highest BCUT2D eigenvalue weighted by molar-refractivity contribution is 5.69. The molecule has 0 spiro atoms. The maximum absolute atomic E-state index is 11.3. The van der Waals surface area contributed by atoms with Crippen molar-refractivity contribution >= 4 is 5.97 Å². The minimum absolute atomic E-state index is 0.186. The number of aliphatic hydroxyl groups is 1. The van der Waals surface area contributed by atoms with E-state index in [1.165, 1.54) is 7.11 Å². The van der Waals surface area contributed by atoms with Crippen LogP contribution in [0.3, 0.4) is 0 Å². The van der Waals surface area contributed by atoms with Gasteiger partial charge in [-0.3, -0.25) is 4.79 Å². The molecule has 0 saturated carbocycles. The van der Waals surface area contributed by atoms with Crippen molar-refractivity contribution in [1.29, 1.82) is 0 Å². The number of hydrogen-bond acceptors (Lipinski definition) is 4. The van der Waals surface area contributed by atoms with Gasteiger partial charge in [-0.15, -0.1) is 0 Å². The summed E-state index contributed by atoms with van der Waals surface area (Å²) >= 11 is 0. The van der Waals surface area contributed by atoms with E-state index in [-0.39, 0.29) is 19.2 Å². The molecule has 0 aromatic rings. The Bertz CT molecular complexity index is 159. The van der Waals surface area contributed by atoms with Crippen molar-refractivity contribution in [2.24, 2.45) is 0 Å². The maximum Gasteiger partial charge on any atom is 0.306 e. The van der Waals surface area contributed by atoms with Crippen LogP contribution in [0.1, 0.15) is 39.0 Å². The number of esters is 1. The molecule has 0 aliphatic carbocycles. The molecule has 0 radical (unpaired) electrons. The Morgan fingerprint density at radius 3 is 2.60 bits per heavy atom. The molecular formula is C11H22O4. The Hall–Kier alpha value is -0.610. The molecule has 0 fully saturated rings. The predicted octanol–water partition coefficient (Wildman–Crippen LogP) is 1.51. The zero-order chi connectivity index (χ0) is 11.5. The van der Waals surface area contributed by atoms with Crippen molar-refractivity contribution in [3.05, 3.63) is 0 Å². The van der Waals surface area contributed by atoms with Crippen LogP contribution in [0.15, 0.2) is 0 Å². The monoisotopic (exact) mass is 218 g/mol. The first kappa shape index (κ1) is 14.4. The lowest BCUT2D eigenvalue weighted by Crippen LogP contribution is -2.26. The largest absolute Gasteiger partial charge is 0.457 e. The molecule has 0 heterocycles. The third kappa shape index (κ3) is 8.39. The van der Waals surface area contributed by atoms with Gasteiger partial charge < -0.3 is 14.6 Å². The van der Waals surface area contributed by atoms with E-state index in [4.69, 9.17) is 14.6 Å². The van der Waals surface area contributed by atoms with Crippen LogP contribution in [0.2, 0.25) is 0 Å². The fraction of sp³-hybridized carbons (Fsp3) is 0.909. The minimum Gasteiger partial charge on any atom is -0.457 e. The zero-order valence-electron chi connectivity index (χ0n) is 9.70. The van der Waals surface area contributed by atoms with Crippen molar-refractivity contribution in [3.8, 4) is 0 Å². The molecule has 0 aromatic carbocycles. The van der Waals surface area contributed by atoms with E-state index in [9.17, 15) is 4.79 Å². The molecule has 1 N–H and O–H groups in total. The Labute approximate surface area is 91.6 Å². The molecular weight excluding hydrogens is 196 g/mol. The van der Waals surface area contributed by atoms with E-state index < -0.39 is 6.10 Å². The average Bonchev–Trinajstić information content (AvgIpc) is 2.24. The predicted molar refractivity (Wildman–Crippen MR) is 57.6 cm³/mol. The standard InChI is InChI=1S/C11H22O4/c1-3-4-5-6-7-11(13)15-10(8-12)9-14-2/h10,12H,3-9H2,1-2H3/t10-/m0/s1. The molecule has 0 saturated heterocycles. The third-order valence-electron chi connectivity index (χ3n) is 2.09. The van der Waals surface area contributed by atoms with Gasteiger partial charge in [0.05, 0.1) is 13.2 Å². The van der Waals surface area contributed by atoms with Gasteiger partial charge in [-0.25, -0.2) is 0 Å². The second kappa shape index (κ2) is 9.93. The van der Waals surface area contributed by atoms with Gasteiger partial charge in [0.15, 0.2) is 0 Å². The highest BCUT2D eigenvalue weighted by Crippen LogP contribution is 2.05. The topological polar surface area (TPSA) is 55.8 Å². The van der Waals surface area contributed by atoms with Crippen molar-refractivity contribution in [2.75, 3.05) is 20.3 Å². The molecule has 0 rings (SSSR count). The van der Waals surface area contributed by atoms with E-state index >= 15 is 0 Å². The molecule has 0 aromatic heterocycles. The fourth-order valence-electron chi connectivity index (χ4n) is 1.25. The van der Waals surface area contributed by atoms with Gasteiger partial charge in [0.25, 0.3) is 0 Å². The summed E-state index contributed by atoms with van der Waals surface area (Å²) in [4.78, 5) is 11.3. The van der Waals surface area contributed by atoms with Crippen LogP contribution < -0.4 is 0 Å². The Morgan fingerprint density at radius 2 is 2.07 bits per heavy atom. The second-order valence-corrected chi connectivity index (χ2v) is 3.56. The van der Waals surface area contributed by atoms with E-state index in [1.807, 2.05) is 0 Å². The lowest BCUT2D eigenvalue weighted by molar-refractivity contribution is -0.154. The Morgan fingerprint density at radius 1 is 1.33 bits per heavy atom. The van der Waals surface area contributed by atoms with Crippen molar-refractivity contribution in [1.82, 2.24) is 0 Å². The first-order valence-electron chi connectivity index (χ1n) is 5.53. The summed E-state index contributed by atoms with van der Waals surface area (Å²) in [5.74, 6) is -0.248. The van der Waals surface area contributed by atoms with Crippen molar-refractivity contribution in [2.45, 2.75) is 45.1 Å². The zero-order valence-corrected chi connectivity index (χ0v) is 9.70. The smallest absolute Gasteiger partial charge is 0.306 e. The number of rotatable bonds is 9. The molecule has 4 nitrogen and oxygen atoms in total.